The summed E-state index contributed by atoms with van der Waals surface area (Å²) in [5, 5.41) is 0. The highest BCUT2D eigenvalue weighted by atomic mass is 17.2. The van der Waals surface area contributed by atoms with Crippen molar-refractivity contribution in [2.45, 2.75) is 52.6 Å². The van der Waals surface area contributed by atoms with E-state index in [9.17, 15) is 4.79 Å². The Bertz CT molecular complexity index is 147. The number of carbonyl (C=O) groups excluding carboxylic acids is 1. The molecule has 0 amide bonds. The van der Waals surface area contributed by atoms with Gasteiger partial charge in [-0.25, -0.2) is 9.78 Å². The molecule has 0 radical (unpaired) electrons. The third-order valence-electron chi connectivity index (χ3n) is 1.32. The van der Waals surface area contributed by atoms with Crippen LogP contribution in [0.3, 0.4) is 0 Å². The summed E-state index contributed by atoms with van der Waals surface area (Å²) in [5.41, 5.74) is -0.249. The maximum absolute atomic E-state index is 10.6. The molecule has 0 fully saturated rings. The first-order chi connectivity index (χ1) is 5.92. The van der Waals surface area contributed by atoms with E-state index in [-0.39, 0.29) is 11.4 Å². The third kappa shape index (κ3) is 11.6. The molecule has 78 valence electrons. The highest BCUT2D eigenvalue weighted by molar-refractivity contribution is 5.75. The van der Waals surface area contributed by atoms with Crippen LogP contribution in [0, 0.1) is 0 Å². The number of hydrogen-bond donors (Lipinski definition) is 0. The topological polar surface area (TPSA) is 35.5 Å². The van der Waals surface area contributed by atoms with E-state index in [0.29, 0.717) is 13.0 Å². The van der Waals surface area contributed by atoms with Gasteiger partial charge in [-0.15, -0.1) is 0 Å². The summed E-state index contributed by atoms with van der Waals surface area (Å²) < 4.78 is 0. The monoisotopic (exact) mass is 188 g/mol. The Kier molecular flexibility index (Phi) is 5.91. The minimum absolute atomic E-state index is 0.233. The van der Waals surface area contributed by atoms with Gasteiger partial charge in [-0.1, -0.05) is 0 Å². The Hall–Kier alpha value is -0.410. The normalized spacial score (nSPS) is 11.7. The lowest BCUT2D eigenvalue weighted by Gasteiger charge is -2.17. The molecule has 0 atom stereocenters. The molecule has 13 heavy (non-hydrogen) atoms. The van der Waals surface area contributed by atoms with Crippen molar-refractivity contribution < 1.29 is 14.6 Å². The summed E-state index contributed by atoms with van der Waals surface area (Å²) in [6, 6.07) is 0. The average molecular weight is 188 g/mol. The number of ketones is 1. The minimum atomic E-state index is -0.249. The Balaban J connectivity index is 3.13. The van der Waals surface area contributed by atoms with Crippen LogP contribution in [0.25, 0.3) is 0 Å². The van der Waals surface area contributed by atoms with Crippen molar-refractivity contribution >= 4 is 5.78 Å². The summed E-state index contributed by atoms with van der Waals surface area (Å²) in [7, 11) is 0. The van der Waals surface area contributed by atoms with E-state index in [2.05, 4.69) is 0 Å². The van der Waals surface area contributed by atoms with Crippen LogP contribution in [-0.4, -0.2) is 18.0 Å². The molecule has 0 spiro atoms. The van der Waals surface area contributed by atoms with Gasteiger partial charge < -0.3 is 4.79 Å². The molecule has 0 rings (SSSR count). The second-order valence-corrected chi connectivity index (χ2v) is 4.18. The molecule has 0 aromatic carbocycles. The molecule has 0 bridgehead atoms. The van der Waals surface area contributed by atoms with Gasteiger partial charge in [-0.3, -0.25) is 0 Å². The second-order valence-electron chi connectivity index (χ2n) is 4.18. The molecule has 0 aliphatic carbocycles. The van der Waals surface area contributed by atoms with Gasteiger partial charge in [0.05, 0.1) is 12.2 Å². The smallest absolute Gasteiger partial charge is 0.129 e. The van der Waals surface area contributed by atoms with E-state index in [1.54, 1.807) is 6.92 Å². The lowest BCUT2D eigenvalue weighted by molar-refractivity contribution is -0.348. The zero-order chi connectivity index (χ0) is 10.3. The first kappa shape index (κ1) is 12.6. The van der Waals surface area contributed by atoms with E-state index in [0.717, 1.165) is 12.8 Å². The fourth-order valence-electron chi connectivity index (χ4n) is 0.753. The molecule has 3 nitrogen and oxygen atoms in total. The molecular weight excluding hydrogens is 168 g/mol. The van der Waals surface area contributed by atoms with E-state index in [1.807, 2.05) is 20.8 Å². The van der Waals surface area contributed by atoms with Crippen molar-refractivity contribution in [2.24, 2.45) is 0 Å². The lowest BCUT2D eigenvalue weighted by Crippen LogP contribution is -2.19. The average Bonchev–Trinajstić information content (AvgIpc) is 1.93. The predicted octanol–water partition coefficient (Wildman–Crippen LogP) is 2.49. The number of Topliss-reactive ketones (excluding diaryl/α,β-unsaturated/α-hetero) is 1. The molecule has 0 unspecified atom stereocenters. The second kappa shape index (κ2) is 6.11. The summed E-state index contributed by atoms with van der Waals surface area (Å²) in [6.45, 7) is 7.96. The molecule has 0 aliphatic rings. The van der Waals surface area contributed by atoms with Gasteiger partial charge in [0, 0.05) is 6.42 Å². The molecule has 0 heterocycles. The molecule has 0 N–H and O–H groups in total. The number of rotatable bonds is 6. The minimum Gasteiger partial charge on any atom is -0.300 e. The van der Waals surface area contributed by atoms with Crippen molar-refractivity contribution in [3.63, 3.8) is 0 Å². The van der Waals surface area contributed by atoms with Crippen LogP contribution in [0.1, 0.15) is 47.0 Å². The van der Waals surface area contributed by atoms with Crippen molar-refractivity contribution in [1.29, 1.82) is 0 Å². The fraction of sp³-hybridized carbons (Fsp3) is 0.900. The standard InChI is InChI=1S/C10H20O3/c1-9(11)7-5-6-8-12-13-10(2,3)4/h5-8H2,1-4H3. The lowest BCUT2D eigenvalue weighted by atomic mass is 10.2. The maximum atomic E-state index is 10.6. The van der Waals surface area contributed by atoms with Crippen molar-refractivity contribution in [3.05, 3.63) is 0 Å². The zero-order valence-electron chi connectivity index (χ0n) is 9.05. The van der Waals surface area contributed by atoms with Crippen LogP contribution in [0.5, 0.6) is 0 Å². The van der Waals surface area contributed by atoms with Gasteiger partial charge in [0.25, 0.3) is 0 Å². The third-order valence-corrected chi connectivity index (χ3v) is 1.32. The van der Waals surface area contributed by atoms with Gasteiger partial charge >= 0.3 is 0 Å². The zero-order valence-corrected chi connectivity index (χ0v) is 9.05. The molecule has 0 saturated heterocycles. The Morgan fingerprint density at radius 2 is 1.85 bits per heavy atom. The summed E-state index contributed by atoms with van der Waals surface area (Å²) in [5.74, 6) is 0.233. The van der Waals surface area contributed by atoms with Gasteiger partial charge in [0.2, 0.25) is 0 Å². The summed E-state index contributed by atoms with van der Waals surface area (Å²) >= 11 is 0. The summed E-state index contributed by atoms with van der Waals surface area (Å²) in [4.78, 5) is 20.6. The van der Waals surface area contributed by atoms with Crippen LogP contribution in [0.4, 0.5) is 0 Å². The molecule has 3 heteroatoms. The van der Waals surface area contributed by atoms with Crippen LogP contribution in [0.15, 0.2) is 0 Å². The van der Waals surface area contributed by atoms with Gasteiger partial charge in [-0.2, -0.15) is 0 Å². The first-order valence-corrected chi connectivity index (χ1v) is 4.72. The van der Waals surface area contributed by atoms with Gasteiger partial charge in [0.1, 0.15) is 5.78 Å². The summed E-state index contributed by atoms with van der Waals surface area (Å²) in [6.07, 6.45) is 2.39. The van der Waals surface area contributed by atoms with E-state index < -0.39 is 0 Å². The quantitative estimate of drug-likeness (QED) is 0.365. The molecular formula is C10H20O3. The van der Waals surface area contributed by atoms with Crippen LogP contribution in [-0.2, 0) is 14.6 Å². The molecule has 0 aromatic heterocycles. The van der Waals surface area contributed by atoms with Crippen molar-refractivity contribution in [2.75, 3.05) is 6.61 Å². The van der Waals surface area contributed by atoms with Crippen LogP contribution >= 0.6 is 0 Å². The molecule has 0 aliphatic heterocycles. The van der Waals surface area contributed by atoms with E-state index in [1.165, 1.54) is 0 Å². The largest absolute Gasteiger partial charge is 0.300 e. The van der Waals surface area contributed by atoms with Gasteiger partial charge in [-0.05, 0) is 40.5 Å². The Morgan fingerprint density at radius 1 is 1.23 bits per heavy atom. The number of hydrogen-bond acceptors (Lipinski definition) is 3. The van der Waals surface area contributed by atoms with Crippen LogP contribution in [0.2, 0.25) is 0 Å². The fourth-order valence-corrected chi connectivity index (χ4v) is 0.753. The predicted molar refractivity (Wildman–Crippen MR) is 51.3 cm³/mol. The Morgan fingerprint density at radius 3 is 2.31 bits per heavy atom. The first-order valence-electron chi connectivity index (χ1n) is 4.72. The van der Waals surface area contributed by atoms with Crippen molar-refractivity contribution in [1.82, 2.24) is 0 Å². The van der Waals surface area contributed by atoms with E-state index >= 15 is 0 Å². The van der Waals surface area contributed by atoms with E-state index in [4.69, 9.17) is 9.78 Å². The van der Waals surface area contributed by atoms with Crippen LogP contribution < -0.4 is 0 Å². The number of carbonyl (C=O) groups is 1. The highest BCUT2D eigenvalue weighted by Gasteiger charge is 2.10. The molecule has 0 aromatic rings. The van der Waals surface area contributed by atoms with Crippen molar-refractivity contribution in [3.8, 4) is 0 Å². The van der Waals surface area contributed by atoms with Gasteiger partial charge in [0.15, 0.2) is 0 Å². The Labute approximate surface area is 80.3 Å². The molecule has 0 saturated carbocycles. The number of unbranched alkanes of at least 4 members (excludes halogenated alkanes) is 1. The highest BCUT2D eigenvalue weighted by Crippen LogP contribution is 2.07. The SMILES string of the molecule is CC(=O)CCCCOOC(C)(C)C. The maximum Gasteiger partial charge on any atom is 0.129 e.